The van der Waals surface area contributed by atoms with E-state index in [4.69, 9.17) is 18.9 Å². The number of allylic oxidation sites excluding steroid dienone is 11. The van der Waals surface area contributed by atoms with Crippen LogP contribution in [0.2, 0.25) is 0 Å². The molecular formula is C49H82O10. The van der Waals surface area contributed by atoms with E-state index in [1.54, 1.807) is 0 Å². The van der Waals surface area contributed by atoms with Gasteiger partial charge in [-0.2, -0.15) is 0 Å². The zero-order valence-corrected chi connectivity index (χ0v) is 36.6. The van der Waals surface area contributed by atoms with Crippen LogP contribution in [0.4, 0.5) is 0 Å². The molecule has 0 aromatic heterocycles. The van der Waals surface area contributed by atoms with E-state index in [1.165, 1.54) is 83.5 Å². The summed E-state index contributed by atoms with van der Waals surface area (Å²) in [6, 6.07) is 0. The van der Waals surface area contributed by atoms with Crippen molar-refractivity contribution in [2.24, 2.45) is 0 Å². The van der Waals surface area contributed by atoms with Crippen molar-refractivity contribution in [3.63, 3.8) is 0 Å². The molecule has 1 aliphatic rings. The van der Waals surface area contributed by atoms with Crippen LogP contribution >= 0.6 is 0 Å². The smallest absolute Gasteiger partial charge is 0.306 e. The molecular weight excluding hydrogens is 749 g/mol. The van der Waals surface area contributed by atoms with E-state index in [2.05, 4.69) is 62.1 Å². The Morgan fingerprint density at radius 2 is 1.07 bits per heavy atom. The van der Waals surface area contributed by atoms with Crippen molar-refractivity contribution in [3.8, 4) is 0 Å². The summed E-state index contributed by atoms with van der Waals surface area (Å²) in [6.45, 7) is 4.84. The number of hydrogen-bond acceptors (Lipinski definition) is 10. The molecule has 1 heterocycles. The maximum Gasteiger partial charge on any atom is 0.306 e. The average Bonchev–Trinajstić information content (AvgIpc) is 3.23. The molecule has 0 aromatic carbocycles. The maximum absolute atomic E-state index is 12.8. The standard InChI is InChI=1S/C49H82O10/c1-3-5-7-9-11-13-15-17-19-20-21-22-24-25-27-29-31-33-35-37-44(51)56-40-42(41-57-49-48(55)47(54)46(53)43(39-50)59-49)58-45(52)38-36-34-32-30-28-26-23-18-16-14-12-10-8-6-4-2/h4,11,13,17,19,21-22,25,27,31,33,42-43,46-50,53-55H,2-3,5-10,12,14-16,18,20,23-24,26,28-30,32,34-41H2,1H3/b13-11+,19-17+,22-21+,27-25+,33-31+/t42-,43-,46+,47?,48?,49-/m0/s1. The van der Waals surface area contributed by atoms with Crippen LogP contribution in [-0.4, -0.2) is 89.0 Å². The molecule has 0 spiro atoms. The van der Waals surface area contributed by atoms with E-state index >= 15 is 0 Å². The van der Waals surface area contributed by atoms with Gasteiger partial charge in [-0.3, -0.25) is 9.59 Å². The molecule has 338 valence electrons. The summed E-state index contributed by atoms with van der Waals surface area (Å²) in [6.07, 6.45) is 40.9. The number of carbonyl (C=O) groups excluding carboxylic acids is 2. The number of aliphatic hydroxyl groups is 4. The molecule has 4 N–H and O–H groups in total. The molecule has 0 saturated carbocycles. The number of carbonyl (C=O) groups is 2. The Balaban J connectivity index is 2.37. The molecule has 1 rings (SSSR count). The summed E-state index contributed by atoms with van der Waals surface area (Å²) in [5, 5.41) is 40.1. The Morgan fingerprint density at radius 1 is 0.576 bits per heavy atom. The van der Waals surface area contributed by atoms with E-state index in [0.29, 0.717) is 12.8 Å². The molecule has 0 bridgehead atoms. The lowest BCUT2D eigenvalue weighted by atomic mass is 9.99. The molecule has 6 atom stereocenters. The van der Waals surface area contributed by atoms with Gasteiger partial charge in [0, 0.05) is 12.8 Å². The van der Waals surface area contributed by atoms with Crippen LogP contribution in [0.15, 0.2) is 73.4 Å². The third kappa shape index (κ3) is 30.8. The number of ether oxygens (including phenoxy) is 4. The average molecular weight is 831 g/mol. The second kappa shape index (κ2) is 39.3. The molecule has 1 aliphatic heterocycles. The fraction of sp³-hybridized carbons (Fsp3) is 0.714. The van der Waals surface area contributed by atoms with Gasteiger partial charge < -0.3 is 39.4 Å². The van der Waals surface area contributed by atoms with Crippen LogP contribution in [0.25, 0.3) is 0 Å². The Bertz CT molecular complexity index is 1180. The van der Waals surface area contributed by atoms with Gasteiger partial charge >= 0.3 is 11.9 Å². The molecule has 59 heavy (non-hydrogen) atoms. The van der Waals surface area contributed by atoms with E-state index < -0.39 is 55.4 Å². The fourth-order valence-electron chi connectivity index (χ4n) is 6.56. The first kappa shape index (κ1) is 54.2. The van der Waals surface area contributed by atoms with E-state index in [-0.39, 0.29) is 26.1 Å². The van der Waals surface area contributed by atoms with Crippen molar-refractivity contribution in [2.75, 3.05) is 19.8 Å². The minimum absolute atomic E-state index is 0.149. The third-order valence-electron chi connectivity index (χ3n) is 10.2. The van der Waals surface area contributed by atoms with Gasteiger partial charge in [-0.05, 0) is 64.2 Å². The van der Waals surface area contributed by atoms with Gasteiger partial charge in [0.15, 0.2) is 12.4 Å². The number of hydrogen-bond donors (Lipinski definition) is 4. The van der Waals surface area contributed by atoms with Gasteiger partial charge in [0.1, 0.15) is 31.0 Å². The zero-order valence-electron chi connectivity index (χ0n) is 36.6. The van der Waals surface area contributed by atoms with Gasteiger partial charge in [-0.25, -0.2) is 0 Å². The molecule has 0 aromatic rings. The molecule has 0 aliphatic carbocycles. The van der Waals surface area contributed by atoms with Gasteiger partial charge in [0.2, 0.25) is 0 Å². The number of rotatable bonds is 38. The number of aliphatic hydroxyl groups excluding tert-OH is 4. The number of esters is 2. The summed E-state index contributed by atoms with van der Waals surface area (Å²) >= 11 is 0. The molecule has 1 fully saturated rings. The first-order valence-electron chi connectivity index (χ1n) is 23.0. The Hall–Kier alpha value is -2.86. The molecule has 10 heteroatoms. The summed E-state index contributed by atoms with van der Waals surface area (Å²) in [7, 11) is 0. The fourth-order valence-corrected chi connectivity index (χ4v) is 6.56. The Morgan fingerprint density at radius 3 is 1.59 bits per heavy atom. The van der Waals surface area contributed by atoms with Crippen LogP contribution in [0.5, 0.6) is 0 Å². The minimum atomic E-state index is -1.61. The van der Waals surface area contributed by atoms with Crippen molar-refractivity contribution in [3.05, 3.63) is 73.4 Å². The molecule has 1 saturated heterocycles. The lowest BCUT2D eigenvalue weighted by Gasteiger charge is -2.39. The number of unbranched alkanes of at least 4 members (excludes halogenated alkanes) is 16. The van der Waals surface area contributed by atoms with Gasteiger partial charge in [0.05, 0.1) is 13.2 Å². The van der Waals surface area contributed by atoms with Crippen LogP contribution < -0.4 is 0 Å². The lowest BCUT2D eigenvalue weighted by Crippen LogP contribution is -2.59. The summed E-state index contributed by atoms with van der Waals surface area (Å²) in [5.74, 6) is -0.909. The zero-order chi connectivity index (χ0) is 43.0. The minimum Gasteiger partial charge on any atom is -0.462 e. The molecule has 0 radical (unpaired) electrons. The summed E-state index contributed by atoms with van der Waals surface area (Å²) in [4.78, 5) is 25.3. The first-order chi connectivity index (χ1) is 28.8. The van der Waals surface area contributed by atoms with Crippen molar-refractivity contribution in [2.45, 2.75) is 204 Å². The van der Waals surface area contributed by atoms with E-state index in [0.717, 1.165) is 51.4 Å². The van der Waals surface area contributed by atoms with Crippen molar-refractivity contribution in [1.82, 2.24) is 0 Å². The topological polar surface area (TPSA) is 152 Å². The highest BCUT2D eigenvalue weighted by molar-refractivity contribution is 5.70. The van der Waals surface area contributed by atoms with E-state index in [9.17, 15) is 30.0 Å². The van der Waals surface area contributed by atoms with Gasteiger partial charge in [0.25, 0.3) is 0 Å². The van der Waals surface area contributed by atoms with Crippen LogP contribution in [-0.2, 0) is 28.5 Å². The Labute approximate surface area is 357 Å². The lowest BCUT2D eigenvalue weighted by molar-refractivity contribution is -0.305. The predicted octanol–water partition coefficient (Wildman–Crippen LogP) is 10.00. The molecule has 10 nitrogen and oxygen atoms in total. The van der Waals surface area contributed by atoms with Crippen LogP contribution in [0.1, 0.15) is 167 Å². The summed E-state index contributed by atoms with van der Waals surface area (Å²) in [5.41, 5.74) is 0. The normalized spacial score (nSPS) is 20.5. The molecule has 0 amide bonds. The van der Waals surface area contributed by atoms with Crippen molar-refractivity contribution in [1.29, 1.82) is 0 Å². The second-order valence-electron chi connectivity index (χ2n) is 15.6. The van der Waals surface area contributed by atoms with Gasteiger partial charge in [-0.15, -0.1) is 6.58 Å². The predicted molar refractivity (Wildman–Crippen MR) is 238 cm³/mol. The SMILES string of the molecule is C=CCCCCCCCCCCCCCCCC(=O)O[C@@H](COC(=O)CC/C=C/C/C=C/C/C=C/C/C=C/C/C=C/CCCCC)CO[C@H]1O[C@@H](CO)[C@@H](O)C(O)C1O. The third-order valence-corrected chi connectivity index (χ3v) is 10.2. The largest absolute Gasteiger partial charge is 0.462 e. The quantitative estimate of drug-likeness (QED) is 0.0269. The monoisotopic (exact) mass is 831 g/mol. The Kier molecular flexibility index (Phi) is 36.1. The second-order valence-corrected chi connectivity index (χ2v) is 15.6. The van der Waals surface area contributed by atoms with Crippen molar-refractivity contribution < 1.29 is 49.0 Å². The maximum atomic E-state index is 12.8. The van der Waals surface area contributed by atoms with Gasteiger partial charge in [-0.1, -0.05) is 157 Å². The highest BCUT2D eigenvalue weighted by atomic mass is 16.7. The van der Waals surface area contributed by atoms with E-state index in [1.807, 2.05) is 18.2 Å². The summed E-state index contributed by atoms with van der Waals surface area (Å²) < 4.78 is 22.1. The highest BCUT2D eigenvalue weighted by Gasteiger charge is 2.44. The van der Waals surface area contributed by atoms with Crippen LogP contribution in [0, 0.1) is 0 Å². The van der Waals surface area contributed by atoms with Crippen molar-refractivity contribution >= 4 is 11.9 Å². The van der Waals surface area contributed by atoms with Crippen LogP contribution in [0.3, 0.4) is 0 Å². The first-order valence-corrected chi connectivity index (χ1v) is 23.0. The molecule has 2 unspecified atom stereocenters. The highest BCUT2D eigenvalue weighted by Crippen LogP contribution is 2.22.